The zero-order chi connectivity index (χ0) is 14.0. The van der Waals surface area contributed by atoms with Crippen molar-refractivity contribution in [1.29, 1.82) is 0 Å². The summed E-state index contributed by atoms with van der Waals surface area (Å²) in [5.41, 5.74) is 2.34. The van der Waals surface area contributed by atoms with E-state index < -0.39 is 0 Å². The molecule has 0 amide bonds. The third-order valence-electron chi connectivity index (χ3n) is 3.02. The summed E-state index contributed by atoms with van der Waals surface area (Å²) in [6, 6.07) is 4.05. The molecule has 2 heterocycles. The molecule has 0 bridgehead atoms. The minimum absolute atomic E-state index is 0.0662. The van der Waals surface area contributed by atoms with Crippen molar-refractivity contribution in [3.63, 3.8) is 0 Å². The van der Waals surface area contributed by atoms with Crippen molar-refractivity contribution in [2.24, 2.45) is 0 Å². The molecule has 5 nitrogen and oxygen atoms in total. The molecule has 5 heteroatoms. The van der Waals surface area contributed by atoms with Gasteiger partial charge in [-0.3, -0.25) is 14.2 Å². The van der Waals surface area contributed by atoms with Gasteiger partial charge in [-0.1, -0.05) is 0 Å². The van der Waals surface area contributed by atoms with Crippen LogP contribution in [-0.2, 0) is 13.0 Å². The minimum atomic E-state index is 0.0662. The number of hydrogen-bond donors (Lipinski definition) is 0. The average molecular weight is 260 g/mol. The number of Topliss-reactive ketones (excluding diaryl/α,β-unsaturated/α-hetero) is 1. The predicted molar refractivity (Wildman–Crippen MR) is 73.3 cm³/mol. The number of carbonyl (C=O) groups is 1. The molecular weight excluding hydrogens is 240 g/mol. The van der Waals surface area contributed by atoms with Gasteiger partial charge in [0.15, 0.2) is 5.78 Å². The summed E-state index contributed by atoms with van der Waals surface area (Å²) in [4.78, 5) is 12.3. The van der Waals surface area contributed by atoms with E-state index in [1.54, 1.807) is 4.68 Å². The Morgan fingerprint density at radius 3 is 2.68 bits per heavy atom. The van der Waals surface area contributed by atoms with Gasteiger partial charge in [-0.15, -0.1) is 0 Å². The average Bonchev–Trinajstić information content (AvgIpc) is 2.95. The van der Waals surface area contributed by atoms with E-state index in [1.807, 2.05) is 36.9 Å². The van der Waals surface area contributed by atoms with Crippen molar-refractivity contribution in [1.82, 2.24) is 19.6 Å². The molecule has 0 aromatic carbocycles. The fraction of sp³-hybridized carbons (Fsp3) is 0.500. The summed E-state index contributed by atoms with van der Waals surface area (Å²) in [5, 5.41) is 8.70. The lowest BCUT2D eigenvalue weighted by Gasteiger charge is -2.04. The molecule has 0 fully saturated rings. The summed E-state index contributed by atoms with van der Waals surface area (Å²) in [5.74, 6) is 0.0662. The van der Waals surface area contributed by atoms with Gasteiger partial charge in [-0.25, -0.2) is 0 Å². The lowest BCUT2D eigenvalue weighted by molar-refractivity contribution is 0.0981. The molecule has 2 aromatic rings. The van der Waals surface area contributed by atoms with Gasteiger partial charge in [-0.2, -0.15) is 10.2 Å². The number of hydrogen-bond acceptors (Lipinski definition) is 3. The van der Waals surface area contributed by atoms with E-state index in [4.69, 9.17) is 0 Å². The molecule has 19 heavy (non-hydrogen) atoms. The van der Waals surface area contributed by atoms with E-state index in [0.29, 0.717) is 24.7 Å². The highest BCUT2D eigenvalue weighted by molar-refractivity contribution is 5.95. The maximum Gasteiger partial charge on any atom is 0.186 e. The molecule has 0 N–H and O–H groups in total. The van der Waals surface area contributed by atoms with Gasteiger partial charge >= 0.3 is 0 Å². The van der Waals surface area contributed by atoms with Gasteiger partial charge in [-0.05, 0) is 39.8 Å². The van der Waals surface area contributed by atoms with Crippen LogP contribution in [0.1, 0.15) is 48.7 Å². The third-order valence-corrected chi connectivity index (χ3v) is 3.02. The molecule has 0 aliphatic rings. The van der Waals surface area contributed by atoms with Crippen molar-refractivity contribution in [2.75, 3.05) is 0 Å². The summed E-state index contributed by atoms with van der Waals surface area (Å²) in [7, 11) is 0. The molecule has 0 saturated carbocycles. The summed E-state index contributed by atoms with van der Waals surface area (Å²) in [6.07, 6.45) is 2.24. The Kier molecular flexibility index (Phi) is 3.83. The number of rotatable bonds is 5. The maximum absolute atomic E-state index is 12.3. The van der Waals surface area contributed by atoms with Crippen molar-refractivity contribution in [3.05, 3.63) is 35.4 Å². The van der Waals surface area contributed by atoms with Gasteiger partial charge in [0, 0.05) is 18.8 Å². The summed E-state index contributed by atoms with van der Waals surface area (Å²) in [6.45, 7) is 8.71. The minimum Gasteiger partial charge on any atom is -0.292 e. The Morgan fingerprint density at radius 2 is 2.11 bits per heavy atom. The zero-order valence-electron chi connectivity index (χ0n) is 11.9. The fourth-order valence-electron chi connectivity index (χ4n) is 2.03. The molecule has 0 aliphatic carbocycles. The van der Waals surface area contributed by atoms with Gasteiger partial charge < -0.3 is 0 Å². The molecule has 0 unspecified atom stereocenters. The molecule has 0 saturated heterocycles. The van der Waals surface area contributed by atoms with Crippen LogP contribution in [-0.4, -0.2) is 25.3 Å². The van der Waals surface area contributed by atoms with Crippen molar-refractivity contribution in [3.8, 4) is 0 Å². The molecule has 0 radical (unpaired) electrons. The van der Waals surface area contributed by atoms with Crippen LogP contribution in [0.2, 0.25) is 0 Å². The first-order valence-corrected chi connectivity index (χ1v) is 6.63. The van der Waals surface area contributed by atoms with Crippen molar-refractivity contribution >= 4 is 5.78 Å². The van der Waals surface area contributed by atoms with Crippen molar-refractivity contribution in [2.45, 2.75) is 46.7 Å². The largest absolute Gasteiger partial charge is 0.292 e. The van der Waals surface area contributed by atoms with E-state index in [9.17, 15) is 4.79 Å². The Bertz CT molecular complexity index is 580. The van der Waals surface area contributed by atoms with Crippen LogP contribution < -0.4 is 0 Å². The SMILES string of the molecule is CCn1nc(C)cc1C(=O)Cc1ccn(C(C)C)n1. The van der Waals surface area contributed by atoms with E-state index >= 15 is 0 Å². The second kappa shape index (κ2) is 5.38. The lowest BCUT2D eigenvalue weighted by Crippen LogP contribution is -2.12. The number of aryl methyl sites for hydroxylation is 2. The van der Waals surface area contributed by atoms with Crippen LogP contribution in [0.3, 0.4) is 0 Å². The molecule has 0 aliphatic heterocycles. The van der Waals surface area contributed by atoms with E-state index in [0.717, 1.165) is 11.4 Å². The number of nitrogens with zero attached hydrogens (tertiary/aromatic N) is 4. The molecular formula is C14H20N4O. The molecule has 0 spiro atoms. The zero-order valence-corrected chi connectivity index (χ0v) is 11.9. The third kappa shape index (κ3) is 2.92. The molecule has 0 atom stereocenters. The Morgan fingerprint density at radius 1 is 1.37 bits per heavy atom. The van der Waals surface area contributed by atoms with Crippen LogP contribution in [0.25, 0.3) is 0 Å². The Labute approximate surface area is 113 Å². The van der Waals surface area contributed by atoms with Gasteiger partial charge in [0.25, 0.3) is 0 Å². The Hall–Kier alpha value is -1.91. The lowest BCUT2D eigenvalue weighted by atomic mass is 10.1. The van der Waals surface area contributed by atoms with Crippen LogP contribution in [0.15, 0.2) is 18.3 Å². The fourth-order valence-corrected chi connectivity index (χ4v) is 2.03. The van der Waals surface area contributed by atoms with E-state index in [1.165, 1.54) is 0 Å². The van der Waals surface area contributed by atoms with Gasteiger partial charge in [0.1, 0.15) is 5.69 Å². The molecule has 2 rings (SSSR count). The topological polar surface area (TPSA) is 52.7 Å². The van der Waals surface area contributed by atoms with Gasteiger partial charge in [0.05, 0.1) is 17.8 Å². The quantitative estimate of drug-likeness (QED) is 0.776. The molecule has 102 valence electrons. The van der Waals surface area contributed by atoms with Crippen molar-refractivity contribution < 1.29 is 4.79 Å². The number of carbonyl (C=O) groups excluding carboxylic acids is 1. The van der Waals surface area contributed by atoms with Gasteiger partial charge in [0.2, 0.25) is 0 Å². The standard InChI is InChI=1S/C14H20N4O/c1-5-17-13(8-11(4)15-17)14(19)9-12-6-7-18(16-12)10(2)3/h6-8,10H,5,9H2,1-4H3. The highest BCUT2D eigenvalue weighted by atomic mass is 16.1. The van der Waals surface area contributed by atoms with Crippen LogP contribution in [0.5, 0.6) is 0 Å². The predicted octanol–water partition coefficient (Wildman–Crippen LogP) is 2.41. The van der Waals surface area contributed by atoms with E-state index in [-0.39, 0.29) is 5.78 Å². The monoisotopic (exact) mass is 260 g/mol. The highest BCUT2D eigenvalue weighted by Gasteiger charge is 2.15. The second-order valence-corrected chi connectivity index (χ2v) is 4.97. The second-order valence-electron chi connectivity index (χ2n) is 4.97. The Balaban J connectivity index is 2.15. The highest BCUT2D eigenvalue weighted by Crippen LogP contribution is 2.10. The first-order chi connectivity index (χ1) is 9.01. The van der Waals surface area contributed by atoms with E-state index in [2.05, 4.69) is 24.0 Å². The van der Waals surface area contributed by atoms with Crippen LogP contribution in [0, 0.1) is 6.92 Å². The summed E-state index contributed by atoms with van der Waals surface area (Å²) >= 11 is 0. The first kappa shape index (κ1) is 13.5. The summed E-state index contributed by atoms with van der Waals surface area (Å²) < 4.78 is 3.61. The van der Waals surface area contributed by atoms with Crippen LogP contribution >= 0.6 is 0 Å². The number of aromatic nitrogens is 4. The number of ketones is 1. The first-order valence-electron chi connectivity index (χ1n) is 6.63. The normalized spacial score (nSPS) is 11.2. The maximum atomic E-state index is 12.3. The molecule has 2 aromatic heterocycles. The van der Waals surface area contributed by atoms with Crippen LogP contribution in [0.4, 0.5) is 0 Å². The smallest absolute Gasteiger partial charge is 0.186 e.